The number of fused-ring (bicyclic) bond motifs is 2. The standard InChI is InChI=1S/C23H22ClNO3/c24-16-7-5-14(6-8-16)17-12-25(13-18(17)22(27)28)21(26)20-11-23(20)10-9-15-3-1-2-4-19(15)23/h1-8,17-18,20H,9-13H2,(H,27,28)/t17-,18+,20?,23?/m0/s1. The number of benzene rings is 2. The van der Waals surface area contributed by atoms with Gasteiger partial charge in [-0.3, -0.25) is 9.59 Å². The predicted octanol–water partition coefficient (Wildman–Crippen LogP) is 3.87. The molecule has 5 heteroatoms. The first-order valence-corrected chi connectivity index (χ1v) is 10.2. The summed E-state index contributed by atoms with van der Waals surface area (Å²) < 4.78 is 0. The highest BCUT2D eigenvalue weighted by Gasteiger charge is 2.62. The molecule has 28 heavy (non-hydrogen) atoms. The number of aryl methyl sites for hydroxylation is 1. The van der Waals surface area contributed by atoms with E-state index in [1.165, 1.54) is 11.1 Å². The number of rotatable bonds is 3. The van der Waals surface area contributed by atoms with Gasteiger partial charge in [-0.15, -0.1) is 0 Å². The molecule has 0 aromatic heterocycles. The molecule has 4 atom stereocenters. The molecule has 2 aliphatic carbocycles. The largest absolute Gasteiger partial charge is 0.481 e. The number of carboxylic acid groups (broad SMARTS) is 1. The van der Waals surface area contributed by atoms with Crippen LogP contribution < -0.4 is 0 Å². The third-order valence-corrected chi connectivity index (χ3v) is 7.27. The molecule has 2 aromatic carbocycles. The molecule has 2 fully saturated rings. The summed E-state index contributed by atoms with van der Waals surface area (Å²) in [5.74, 6) is -1.49. The highest BCUT2D eigenvalue weighted by molar-refractivity contribution is 6.30. The Morgan fingerprint density at radius 2 is 1.82 bits per heavy atom. The number of amides is 1. The average molecular weight is 396 g/mol. The zero-order chi connectivity index (χ0) is 19.5. The van der Waals surface area contributed by atoms with E-state index in [0.717, 1.165) is 24.8 Å². The van der Waals surface area contributed by atoms with E-state index in [0.29, 0.717) is 11.6 Å². The van der Waals surface area contributed by atoms with Gasteiger partial charge in [-0.1, -0.05) is 48.0 Å². The lowest BCUT2D eigenvalue weighted by molar-refractivity contribution is -0.142. The van der Waals surface area contributed by atoms with Crippen molar-refractivity contribution in [1.82, 2.24) is 4.90 Å². The quantitative estimate of drug-likeness (QED) is 0.858. The number of carbonyl (C=O) groups is 2. The van der Waals surface area contributed by atoms with Crippen LogP contribution in [0.2, 0.25) is 5.02 Å². The summed E-state index contributed by atoms with van der Waals surface area (Å²) in [5.41, 5.74) is 3.62. The summed E-state index contributed by atoms with van der Waals surface area (Å²) in [5, 5.41) is 10.4. The van der Waals surface area contributed by atoms with Crippen molar-refractivity contribution in [2.75, 3.05) is 13.1 Å². The fourth-order valence-corrected chi connectivity index (χ4v) is 5.55. The molecule has 0 bridgehead atoms. The van der Waals surface area contributed by atoms with Gasteiger partial charge < -0.3 is 10.0 Å². The number of likely N-dealkylation sites (tertiary alicyclic amines) is 1. The summed E-state index contributed by atoms with van der Waals surface area (Å²) in [7, 11) is 0. The molecule has 144 valence electrons. The smallest absolute Gasteiger partial charge is 0.308 e. The van der Waals surface area contributed by atoms with Crippen LogP contribution in [0.15, 0.2) is 48.5 Å². The molecule has 5 rings (SSSR count). The maximum absolute atomic E-state index is 13.3. The Morgan fingerprint density at radius 3 is 2.57 bits per heavy atom. The molecule has 1 saturated carbocycles. The van der Waals surface area contributed by atoms with Crippen molar-refractivity contribution < 1.29 is 14.7 Å². The topological polar surface area (TPSA) is 57.6 Å². The fraction of sp³-hybridized carbons (Fsp3) is 0.391. The SMILES string of the molecule is O=C(O)[C@@H]1CN(C(=O)C2CC23CCc2ccccc23)C[C@H]1c1ccc(Cl)cc1. The van der Waals surface area contributed by atoms with E-state index in [2.05, 4.69) is 24.3 Å². The lowest BCUT2D eigenvalue weighted by Gasteiger charge is -2.19. The van der Waals surface area contributed by atoms with Crippen LogP contribution in [0.3, 0.4) is 0 Å². The number of halogens is 1. The minimum absolute atomic E-state index is 0.00503. The number of carbonyl (C=O) groups excluding carboxylic acids is 1. The summed E-state index contributed by atoms with van der Waals surface area (Å²) in [6.45, 7) is 0.751. The van der Waals surface area contributed by atoms with Gasteiger partial charge >= 0.3 is 5.97 Å². The summed E-state index contributed by atoms with van der Waals surface area (Å²) in [6, 6.07) is 15.8. The van der Waals surface area contributed by atoms with Gasteiger partial charge in [-0.25, -0.2) is 0 Å². The number of nitrogens with zero attached hydrogens (tertiary/aromatic N) is 1. The van der Waals surface area contributed by atoms with Crippen molar-refractivity contribution in [3.8, 4) is 0 Å². The van der Waals surface area contributed by atoms with Crippen molar-refractivity contribution in [1.29, 1.82) is 0 Å². The second-order valence-corrected chi connectivity index (χ2v) is 8.85. The van der Waals surface area contributed by atoms with Gasteiger partial charge in [-0.2, -0.15) is 0 Å². The minimum atomic E-state index is -0.841. The zero-order valence-electron chi connectivity index (χ0n) is 15.5. The van der Waals surface area contributed by atoms with E-state index in [4.69, 9.17) is 11.6 Å². The molecule has 1 N–H and O–H groups in total. The van der Waals surface area contributed by atoms with Crippen LogP contribution in [-0.4, -0.2) is 35.0 Å². The number of hydrogen-bond acceptors (Lipinski definition) is 2. The van der Waals surface area contributed by atoms with E-state index in [1.807, 2.05) is 12.1 Å². The lowest BCUT2D eigenvalue weighted by atomic mass is 9.89. The number of hydrogen-bond donors (Lipinski definition) is 1. The molecule has 1 spiro atoms. The van der Waals surface area contributed by atoms with E-state index in [-0.39, 0.29) is 29.7 Å². The normalized spacial score (nSPS) is 30.5. The van der Waals surface area contributed by atoms with Gasteiger partial charge in [0, 0.05) is 35.4 Å². The molecular formula is C23H22ClNO3. The molecule has 2 unspecified atom stereocenters. The van der Waals surface area contributed by atoms with Gasteiger partial charge in [0.2, 0.25) is 5.91 Å². The Balaban J connectivity index is 1.37. The summed E-state index contributed by atoms with van der Waals surface area (Å²) >= 11 is 5.98. The van der Waals surface area contributed by atoms with Crippen LogP contribution in [0.5, 0.6) is 0 Å². The third-order valence-electron chi connectivity index (χ3n) is 7.01. The summed E-state index contributed by atoms with van der Waals surface area (Å²) in [4.78, 5) is 26.9. The first-order valence-electron chi connectivity index (χ1n) is 9.85. The first-order chi connectivity index (χ1) is 13.5. The highest BCUT2D eigenvalue weighted by atomic mass is 35.5. The lowest BCUT2D eigenvalue weighted by Crippen LogP contribution is -2.33. The van der Waals surface area contributed by atoms with Crippen molar-refractivity contribution >= 4 is 23.5 Å². The van der Waals surface area contributed by atoms with Crippen LogP contribution in [0.4, 0.5) is 0 Å². The molecule has 4 nitrogen and oxygen atoms in total. The van der Waals surface area contributed by atoms with E-state index in [9.17, 15) is 14.7 Å². The maximum Gasteiger partial charge on any atom is 0.308 e. The number of carboxylic acids is 1. The van der Waals surface area contributed by atoms with Crippen molar-refractivity contribution in [3.05, 3.63) is 70.2 Å². The first kappa shape index (κ1) is 17.7. The second kappa shape index (κ2) is 6.35. The van der Waals surface area contributed by atoms with Gasteiger partial charge in [0.1, 0.15) is 0 Å². The Morgan fingerprint density at radius 1 is 1.07 bits per heavy atom. The Bertz CT molecular complexity index is 957. The van der Waals surface area contributed by atoms with Crippen LogP contribution in [0.25, 0.3) is 0 Å². The molecule has 2 aromatic rings. The second-order valence-electron chi connectivity index (χ2n) is 8.42. The van der Waals surface area contributed by atoms with Gasteiger partial charge in [0.25, 0.3) is 0 Å². The molecule has 1 amide bonds. The van der Waals surface area contributed by atoms with Crippen LogP contribution >= 0.6 is 11.6 Å². The van der Waals surface area contributed by atoms with E-state index < -0.39 is 11.9 Å². The highest BCUT2D eigenvalue weighted by Crippen LogP contribution is 2.62. The van der Waals surface area contributed by atoms with Crippen molar-refractivity contribution in [2.45, 2.75) is 30.6 Å². The van der Waals surface area contributed by atoms with Crippen LogP contribution in [0.1, 0.15) is 35.4 Å². The molecule has 1 heterocycles. The molecule has 3 aliphatic rings. The zero-order valence-corrected chi connectivity index (χ0v) is 16.2. The van der Waals surface area contributed by atoms with Gasteiger partial charge in [0.15, 0.2) is 0 Å². The summed E-state index contributed by atoms with van der Waals surface area (Å²) in [6.07, 6.45) is 2.95. The van der Waals surface area contributed by atoms with Gasteiger partial charge in [0.05, 0.1) is 5.92 Å². The van der Waals surface area contributed by atoms with Crippen LogP contribution in [0, 0.1) is 11.8 Å². The predicted molar refractivity (Wildman–Crippen MR) is 106 cm³/mol. The van der Waals surface area contributed by atoms with Gasteiger partial charge in [-0.05, 0) is 48.1 Å². The third kappa shape index (κ3) is 2.66. The fourth-order valence-electron chi connectivity index (χ4n) is 5.42. The monoisotopic (exact) mass is 395 g/mol. The number of aliphatic carboxylic acids is 1. The van der Waals surface area contributed by atoms with Crippen molar-refractivity contribution in [2.24, 2.45) is 11.8 Å². The Labute approximate surface area is 169 Å². The minimum Gasteiger partial charge on any atom is -0.481 e. The Hall–Kier alpha value is -2.33. The molecule has 0 radical (unpaired) electrons. The Kier molecular flexibility index (Phi) is 4.02. The molecule has 1 saturated heterocycles. The van der Waals surface area contributed by atoms with Crippen LogP contribution in [-0.2, 0) is 21.4 Å². The molecule has 1 aliphatic heterocycles. The average Bonchev–Trinajstić information content (AvgIpc) is 3.06. The van der Waals surface area contributed by atoms with Crippen molar-refractivity contribution in [3.63, 3.8) is 0 Å². The molecular weight excluding hydrogens is 374 g/mol. The van der Waals surface area contributed by atoms with E-state index >= 15 is 0 Å². The maximum atomic E-state index is 13.3. The van der Waals surface area contributed by atoms with E-state index in [1.54, 1.807) is 17.0 Å².